The molecule has 0 spiro atoms. The van der Waals surface area contributed by atoms with Crippen LogP contribution in [0.25, 0.3) is 0 Å². The normalized spacial score (nSPS) is 12.1. The number of hydrogen-bond donors (Lipinski definition) is 1. The molecule has 0 atom stereocenters. The average Bonchev–Trinajstić information content (AvgIpc) is 3.42. The van der Waals surface area contributed by atoms with Crippen molar-refractivity contribution in [2.24, 2.45) is 0 Å². The molecule has 14 heteroatoms. The molecule has 2 amide bonds. The van der Waals surface area contributed by atoms with Gasteiger partial charge >= 0.3 is 28.5 Å². The number of anilines is 1. The van der Waals surface area contributed by atoms with E-state index in [0.717, 1.165) is 36.4 Å². The van der Waals surface area contributed by atoms with Crippen molar-refractivity contribution < 1.29 is 48.2 Å². The van der Waals surface area contributed by atoms with Gasteiger partial charge in [0.2, 0.25) is 0 Å². The number of alkyl halides is 6. The first-order valence-electron chi connectivity index (χ1n) is 11.7. The molecule has 4 aromatic rings. The Hall–Kier alpha value is -4.46. The van der Waals surface area contributed by atoms with Crippen LogP contribution in [0, 0.1) is 0 Å². The fourth-order valence-corrected chi connectivity index (χ4v) is 4.62. The molecule has 0 saturated heterocycles. The number of hydrogen-bond acceptors (Lipinski definition) is 5. The first-order chi connectivity index (χ1) is 19.2. The van der Waals surface area contributed by atoms with Crippen molar-refractivity contribution in [3.63, 3.8) is 0 Å². The van der Waals surface area contributed by atoms with Gasteiger partial charge in [-0.2, -0.15) is 34.8 Å². The average molecular weight is 599 g/mol. The maximum Gasteiger partial charge on any atom is 0.416 e. The molecule has 0 aliphatic rings. The zero-order valence-corrected chi connectivity index (χ0v) is 21.6. The smallest absolute Gasteiger partial charge is 0.416 e. The number of nitrogens with one attached hydrogen (secondary N) is 1. The molecular formula is C27H20F6N2O5S. The first kappa shape index (κ1) is 29.5. The number of halogens is 6. The predicted octanol–water partition coefficient (Wildman–Crippen LogP) is 7.32. The molecule has 7 nitrogen and oxygen atoms in total. The zero-order valence-electron chi connectivity index (χ0n) is 20.7. The molecule has 0 unspecified atom stereocenters. The van der Waals surface area contributed by atoms with Gasteiger partial charge in [-0.3, -0.25) is 0 Å². The van der Waals surface area contributed by atoms with Crippen molar-refractivity contribution in [1.29, 1.82) is 0 Å². The summed E-state index contributed by atoms with van der Waals surface area (Å²) in [6.45, 7) is -0.133. The molecule has 41 heavy (non-hydrogen) atoms. The molecule has 1 aromatic heterocycles. The van der Waals surface area contributed by atoms with Crippen LogP contribution in [0.1, 0.15) is 22.5 Å². The fourth-order valence-electron chi connectivity index (χ4n) is 3.64. The standard InChI is InChI=1S/C27H20F6N2O5S/c28-26(29,30)19-4-1-6-21(14-19)34-25(36)35(17-23-7-3-13-39-23)16-18-9-11-22(12-10-18)40-41(37,38)24-8-2-5-20(15-24)27(31,32)33/h1-15H,16-17H2,(H,34,36). The van der Waals surface area contributed by atoms with Gasteiger partial charge in [0.05, 0.1) is 23.9 Å². The lowest BCUT2D eigenvalue weighted by Crippen LogP contribution is -2.34. The Morgan fingerprint density at radius 2 is 1.44 bits per heavy atom. The van der Waals surface area contributed by atoms with Crippen LogP contribution < -0.4 is 9.50 Å². The molecule has 0 aliphatic heterocycles. The highest BCUT2D eigenvalue weighted by molar-refractivity contribution is 7.87. The lowest BCUT2D eigenvalue weighted by atomic mass is 10.2. The molecular weight excluding hydrogens is 578 g/mol. The topological polar surface area (TPSA) is 88.9 Å². The summed E-state index contributed by atoms with van der Waals surface area (Å²) in [7, 11) is -4.60. The van der Waals surface area contributed by atoms with E-state index in [4.69, 9.17) is 8.60 Å². The largest absolute Gasteiger partial charge is 0.467 e. The predicted molar refractivity (Wildman–Crippen MR) is 134 cm³/mol. The monoisotopic (exact) mass is 598 g/mol. The van der Waals surface area contributed by atoms with E-state index in [2.05, 4.69) is 5.32 Å². The van der Waals surface area contributed by atoms with E-state index < -0.39 is 44.5 Å². The Morgan fingerprint density at radius 1 is 0.805 bits per heavy atom. The number of amides is 2. The van der Waals surface area contributed by atoms with Gasteiger partial charge in [-0.25, -0.2) is 4.79 Å². The maximum atomic E-state index is 13.1. The Balaban J connectivity index is 1.49. The summed E-state index contributed by atoms with van der Waals surface area (Å²) in [5.41, 5.74) is -1.71. The van der Waals surface area contributed by atoms with Crippen molar-refractivity contribution in [3.8, 4) is 5.75 Å². The van der Waals surface area contributed by atoms with Gasteiger partial charge in [-0.1, -0.05) is 24.3 Å². The van der Waals surface area contributed by atoms with Gasteiger partial charge in [-0.05, 0) is 66.2 Å². The number of furan rings is 1. The van der Waals surface area contributed by atoms with Crippen molar-refractivity contribution in [2.45, 2.75) is 30.3 Å². The van der Waals surface area contributed by atoms with Crippen LogP contribution in [-0.2, 0) is 35.6 Å². The van der Waals surface area contributed by atoms with Gasteiger partial charge in [0.1, 0.15) is 16.4 Å². The third-order valence-electron chi connectivity index (χ3n) is 5.61. The number of carbonyl (C=O) groups is 1. The summed E-state index contributed by atoms with van der Waals surface area (Å²) in [5, 5.41) is 2.42. The van der Waals surface area contributed by atoms with Crippen LogP contribution in [0.3, 0.4) is 0 Å². The third kappa shape index (κ3) is 7.81. The summed E-state index contributed by atoms with van der Waals surface area (Å²) in [6.07, 6.45) is -7.97. The van der Waals surface area contributed by atoms with Crippen LogP contribution in [-0.4, -0.2) is 19.3 Å². The molecule has 1 heterocycles. The lowest BCUT2D eigenvalue weighted by molar-refractivity contribution is -0.138. The molecule has 1 N–H and O–H groups in total. The molecule has 3 aromatic carbocycles. The number of urea groups is 1. The minimum atomic E-state index is -4.75. The Kier molecular flexibility index (Phi) is 8.33. The van der Waals surface area contributed by atoms with Gasteiger partial charge < -0.3 is 18.8 Å². The zero-order chi connectivity index (χ0) is 29.8. The van der Waals surface area contributed by atoms with Gasteiger partial charge in [0, 0.05) is 12.2 Å². The number of rotatable bonds is 8. The van der Waals surface area contributed by atoms with E-state index in [1.165, 1.54) is 41.5 Å². The lowest BCUT2D eigenvalue weighted by Gasteiger charge is -2.23. The van der Waals surface area contributed by atoms with Gasteiger partial charge in [0.15, 0.2) is 0 Å². The molecule has 4 rings (SSSR count). The molecule has 0 radical (unpaired) electrons. The van der Waals surface area contributed by atoms with Crippen LogP contribution in [0.5, 0.6) is 5.75 Å². The highest BCUT2D eigenvalue weighted by Crippen LogP contribution is 2.32. The van der Waals surface area contributed by atoms with E-state index in [1.54, 1.807) is 12.1 Å². The minimum absolute atomic E-state index is 0.0556. The first-order valence-corrected chi connectivity index (χ1v) is 13.1. The Labute approximate surface area is 230 Å². The van der Waals surface area contributed by atoms with E-state index in [9.17, 15) is 39.6 Å². The second kappa shape index (κ2) is 11.6. The van der Waals surface area contributed by atoms with Crippen LogP contribution in [0.4, 0.5) is 36.8 Å². The Bertz CT molecular complexity index is 1600. The van der Waals surface area contributed by atoms with Crippen LogP contribution >= 0.6 is 0 Å². The summed E-state index contributed by atoms with van der Waals surface area (Å²) in [4.78, 5) is 13.6. The van der Waals surface area contributed by atoms with Crippen LogP contribution in [0.15, 0.2) is 101 Å². The molecule has 0 aliphatic carbocycles. The van der Waals surface area contributed by atoms with Crippen molar-refractivity contribution in [2.75, 3.05) is 5.32 Å². The highest BCUT2D eigenvalue weighted by atomic mass is 32.2. The quantitative estimate of drug-likeness (QED) is 0.170. The SMILES string of the molecule is O=C(Nc1cccc(C(F)(F)F)c1)N(Cc1ccc(OS(=O)(=O)c2cccc(C(F)(F)F)c2)cc1)Cc1ccco1. The highest BCUT2D eigenvalue weighted by Gasteiger charge is 2.32. The molecule has 216 valence electrons. The second-order valence-corrected chi connectivity index (χ2v) is 10.2. The van der Waals surface area contributed by atoms with Gasteiger partial charge in [-0.15, -0.1) is 0 Å². The number of nitrogens with zero attached hydrogens (tertiary/aromatic N) is 1. The van der Waals surface area contributed by atoms with E-state index in [0.29, 0.717) is 17.4 Å². The summed E-state index contributed by atoms with van der Waals surface area (Å²) in [5.74, 6) is 0.188. The summed E-state index contributed by atoms with van der Waals surface area (Å²) in [6, 6.07) is 15.0. The van der Waals surface area contributed by atoms with Gasteiger partial charge in [0.25, 0.3) is 0 Å². The summed E-state index contributed by atoms with van der Waals surface area (Å²) >= 11 is 0. The second-order valence-electron chi connectivity index (χ2n) is 8.65. The van der Waals surface area contributed by atoms with Crippen molar-refractivity contribution in [1.82, 2.24) is 4.90 Å². The van der Waals surface area contributed by atoms with E-state index in [-0.39, 0.29) is 24.5 Å². The van der Waals surface area contributed by atoms with E-state index >= 15 is 0 Å². The maximum absolute atomic E-state index is 13.1. The summed E-state index contributed by atoms with van der Waals surface area (Å²) < 4.78 is 113. The fraction of sp³-hybridized carbons (Fsp3) is 0.148. The number of carbonyl (C=O) groups excluding carboxylic acids is 1. The van der Waals surface area contributed by atoms with Crippen molar-refractivity contribution in [3.05, 3.63) is 114 Å². The molecule has 0 saturated carbocycles. The number of benzene rings is 3. The molecule has 0 fully saturated rings. The van der Waals surface area contributed by atoms with Crippen LogP contribution in [0.2, 0.25) is 0 Å². The third-order valence-corrected chi connectivity index (χ3v) is 6.85. The Morgan fingerprint density at radius 3 is 2.05 bits per heavy atom. The van der Waals surface area contributed by atoms with Crippen molar-refractivity contribution >= 4 is 21.8 Å². The van der Waals surface area contributed by atoms with E-state index in [1.807, 2.05) is 0 Å². The molecule has 0 bridgehead atoms. The minimum Gasteiger partial charge on any atom is -0.467 e.